The molecule has 0 aliphatic rings. The number of hydrogen-bond acceptors (Lipinski definition) is 5. The highest BCUT2D eigenvalue weighted by Gasteiger charge is 2.14. The van der Waals surface area contributed by atoms with E-state index in [-0.39, 0.29) is 24.4 Å². The largest absolute Gasteiger partial charge is 0.478 e. The molecule has 106 valence electrons. The summed E-state index contributed by atoms with van der Waals surface area (Å²) in [6.45, 7) is 3.43. The summed E-state index contributed by atoms with van der Waals surface area (Å²) in [5.41, 5.74) is 0.642. The summed E-state index contributed by atoms with van der Waals surface area (Å²) in [4.78, 5) is 22.5. The Morgan fingerprint density at radius 2 is 2.10 bits per heavy atom. The third kappa shape index (κ3) is 3.25. The molecule has 0 aromatic carbocycles. The van der Waals surface area contributed by atoms with Crippen LogP contribution in [0.1, 0.15) is 33.3 Å². The molecule has 7 heteroatoms. The fraction of sp³-hybridized carbons (Fsp3) is 0.308. The average Bonchev–Trinajstić information content (AvgIpc) is 2.93. The lowest BCUT2D eigenvalue weighted by Crippen LogP contribution is -2.24. The van der Waals surface area contributed by atoms with Crippen molar-refractivity contribution in [3.8, 4) is 0 Å². The van der Waals surface area contributed by atoms with Gasteiger partial charge in [-0.2, -0.15) is 0 Å². The fourth-order valence-corrected chi connectivity index (χ4v) is 1.76. The van der Waals surface area contributed by atoms with Gasteiger partial charge in [-0.15, -0.1) is 0 Å². The van der Waals surface area contributed by atoms with E-state index in [1.165, 1.54) is 6.07 Å². The zero-order valence-electron chi connectivity index (χ0n) is 11.1. The number of carbonyl (C=O) groups excluding carboxylic acids is 1. The number of nitrogens with one attached hydrogen (secondary N) is 1. The molecule has 0 aliphatic carbocycles. The van der Waals surface area contributed by atoms with Gasteiger partial charge < -0.3 is 19.4 Å². The number of amides is 1. The molecule has 2 rings (SSSR count). The van der Waals surface area contributed by atoms with E-state index in [2.05, 4.69) is 10.5 Å². The molecule has 1 amide bonds. The number of aryl methyl sites for hydroxylation is 2. The second kappa shape index (κ2) is 5.60. The summed E-state index contributed by atoms with van der Waals surface area (Å²) in [7, 11) is 0. The Balaban J connectivity index is 1.90. The third-order valence-corrected chi connectivity index (χ3v) is 2.68. The number of aromatic carboxylic acids is 1. The Labute approximate surface area is 114 Å². The van der Waals surface area contributed by atoms with E-state index in [1.807, 2.05) is 0 Å². The molecule has 0 saturated carbocycles. The topological polar surface area (TPSA) is 106 Å². The van der Waals surface area contributed by atoms with Crippen molar-refractivity contribution in [2.75, 3.05) is 0 Å². The number of carboxylic acid groups (broad SMARTS) is 1. The maximum absolute atomic E-state index is 11.7. The van der Waals surface area contributed by atoms with Crippen molar-refractivity contribution in [3.05, 3.63) is 40.7 Å². The van der Waals surface area contributed by atoms with Crippen molar-refractivity contribution < 1.29 is 23.6 Å². The molecule has 2 heterocycles. The van der Waals surface area contributed by atoms with Gasteiger partial charge in [-0.1, -0.05) is 5.16 Å². The summed E-state index contributed by atoms with van der Waals surface area (Å²) in [6, 6.07) is 3.08. The quantitative estimate of drug-likeness (QED) is 0.857. The minimum atomic E-state index is -1.05. The van der Waals surface area contributed by atoms with Crippen LogP contribution in [0.5, 0.6) is 0 Å². The summed E-state index contributed by atoms with van der Waals surface area (Å²) >= 11 is 0. The molecule has 2 aromatic heterocycles. The maximum Gasteiger partial charge on any atom is 0.339 e. The normalized spacial score (nSPS) is 10.5. The van der Waals surface area contributed by atoms with Crippen LogP contribution in [-0.4, -0.2) is 22.1 Å². The predicted molar refractivity (Wildman–Crippen MR) is 67.2 cm³/mol. The lowest BCUT2D eigenvalue weighted by molar-refractivity contribution is -0.120. The van der Waals surface area contributed by atoms with Gasteiger partial charge in [0.15, 0.2) is 0 Å². The molecule has 0 radical (unpaired) electrons. The van der Waals surface area contributed by atoms with Crippen LogP contribution < -0.4 is 5.32 Å². The van der Waals surface area contributed by atoms with Gasteiger partial charge in [0, 0.05) is 6.07 Å². The number of nitrogens with zero attached hydrogens (tertiary/aromatic N) is 1. The van der Waals surface area contributed by atoms with E-state index in [0.29, 0.717) is 23.0 Å². The van der Waals surface area contributed by atoms with Crippen molar-refractivity contribution in [1.29, 1.82) is 0 Å². The monoisotopic (exact) mass is 278 g/mol. The molecule has 0 bridgehead atoms. The van der Waals surface area contributed by atoms with Crippen LogP contribution in [0, 0.1) is 13.8 Å². The number of rotatable bonds is 5. The summed E-state index contributed by atoms with van der Waals surface area (Å²) in [5.74, 6) is 0.0464. The Kier molecular flexibility index (Phi) is 3.88. The maximum atomic E-state index is 11.7. The Morgan fingerprint density at radius 1 is 1.35 bits per heavy atom. The highest BCUT2D eigenvalue weighted by molar-refractivity contribution is 5.88. The van der Waals surface area contributed by atoms with Crippen molar-refractivity contribution >= 4 is 11.9 Å². The molecular weight excluding hydrogens is 264 g/mol. The van der Waals surface area contributed by atoms with Crippen LogP contribution in [0.4, 0.5) is 0 Å². The van der Waals surface area contributed by atoms with Crippen LogP contribution in [-0.2, 0) is 17.8 Å². The molecule has 0 spiro atoms. The summed E-state index contributed by atoms with van der Waals surface area (Å²) in [6.07, 6.45) is 0.100. The van der Waals surface area contributed by atoms with Gasteiger partial charge in [-0.25, -0.2) is 4.79 Å². The minimum Gasteiger partial charge on any atom is -0.478 e. The van der Waals surface area contributed by atoms with E-state index in [1.54, 1.807) is 19.9 Å². The highest BCUT2D eigenvalue weighted by Crippen LogP contribution is 2.14. The lowest BCUT2D eigenvalue weighted by atomic mass is 10.2. The SMILES string of the molecule is Cc1cc(CC(=O)NCc2cc(C(=O)O)c(C)o2)no1. The molecule has 2 N–H and O–H groups in total. The van der Waals surface area contributed by atoms with Gasteiger partial charge in [0.2, 0.25) is 5.91 Å². The predicted octanol–water partition coefficient (Wildman–Crippen LogP) is 1.44. The minimum absolute atomic E-state index is 0.0985. The van der Waals surface area contributed by atoms with Crippen molar-refractivity contribution in [1.82, 2.24) is 10.5 Å². The van der Waals surface area contributed by atoms with Crippen LogP contribution in [0.25, 0.3) is 0 Å². The van der Waals surface area contributed by atoms with Crippen molar-refractivity contribution in [2.24, 2.45) is 0 Å². The lowest BCUT2D eigenvalue weighted by Gasteiger charge is -2.00. The molecule has 0 atom stereocenters. The molecule has 0 aliphatic heterocycles. The fourth-order valence-electron chi connectivity index (χ4n) is 1.76. The molecular formula is C13H14N2O5. The molecule has 0 fully saturated rings. The highest BCUT2D eigenvalue weighted by atomic mass is 16.5. The van der Waals surface area contributed by atoms with Gasteiger partial charge >= 0.3 is 5.97 Å². The van der Waals surface area contributed by atoms with Gasteiger partial charge in [0.05, 0.1) is 18.7 Å². The van der Waals surface area contributed by atoms with Crippen LogP contribution in [0.15, 0.2) is 21.1 Å². The molecule has 2 aromatic rings. The van der Waals surface area contributed by atoms with Gasteiger partial charge in [0.25, 0.3) is 0 Å². The van der Waals surface area contributed by atoms with Gasteiger partial charge in [-0.05, 0) is 19.9 Å². The van der Waals surface area contributed by atoms with E-state index in [0.717, 1.165) is 0 Å². The first-order valence-corrected chi connectivity index (χ1v) is 5.97. The smallest absolute Gasteiger partial charge is 0.339 e. The number of carboxylic acids is 1. The van der Waals surface area contributed by atoms with E-state index >= 15 is 0 Å². The van der Waals surface area contributed by atoms with E-state index < -0.39 is 5.97 Å². The molecule has 0 saturated heterocycles. The second-order valence-electron chi connectivity index (χ2n) is 4.37. The van der Waals surface area contributed by atoms with Crippen LogP contribution >= 0.6 is 0 Å². The van der Waals surface area contributed by atoms with Gasteiger partial charge in [0.1, 0.15) is 22.8 Å². The van der Waals surface area contributed by atoms with Crippen LogP contribution in [0.2, 0.25) is 0 Å². The number of carbonyl (C=O) groups is 2. The number of aromatic nitrogens is 1. The standard InChI is InChI=1S/C13H14N2O5/c1-7-3-9(15-20-7)4-12(16)14-6-10-5-11(13(17)18)8(2)19-10/h3,5H,4,6H2,1-2H3,(H,14,16)(H,17,18). The second-order valence-corrected chi connectivity index (χ2v) is 4.37. The molecule has 20 heavy (non-hydrogen) atoms. The molecule has 0 unspecified atom stereocenters. The first-order chi connectivity index (χ1) is 9.45. The number of hydrogen-bond donors (Lipinski definition) is 2. The third-order valence-electron chi connectivity index (χ3n) is 2.68. The Morgan fingerprint density at radius 3 is 2.65 bits per heavy atom. The summed E-state index contributed by atoms with van der Waals surface area (Å²) < 4.78 is 10.1. The van der Waals surface area contributed by atoms with E-state index in [9.17, 15) is 9.59 Å². The van der Waals surface area contributed by atoms with Crippen LogP contribution in [0.3, 0.4) is 0 Å². The molecule has 7 nitrogen and oxygen atoms in total. The Bertz CT molecular complexity index is 641. The zero-order valence-corrected chi connectivity index (χ0v) is 11.1. The zero-order chi connectivity index (χ0) is 14.7. The first kappa shape index (κ1) is 13.9. The van der Waals surface area contributed by atoms with Crippen molar-refractivity contribution in [2.45, 2.75) is 26.8 Å². The summed E-state index contributed by atoms with van der Waals surface area (Å²) in [5, 5.41) is 15.2. The average molecular weight is 278 g/mol. The van der Waals surface area contributed by atoms with E-state index in [4.69, 9.17) is 14.0 Å². The van der Waals surface area contributed by atoms with Crippen molar-refractivity contribution in [3.63, 3.8) is 0 Å². The van der Waals surface area contributed by atoms with Gasteiger partial charge in [-0.3, -0.25) is 4.79 Å². The first-order valence-electron chi connectivity index (χ1n) is 5.97. The Hall–Kier alpha value is -2.57. The number of furan rings is 1.